The molecule has 0 unspecified atom stereocenters. The second-order valence-corrected chi connectivity index (χ2v) is 5.37. The van der Waals surface area contributed by atoms with Crippen LogP contribution < -0.4 is 5.32 Å². The minimum absolute atomic E-state index is 0.147. The highest BCUT2D eigenvalue weighted by Gasteiger charge is 2.08. The molecule has 0 bridgehead atoms. The molecule has 0 amide bonds. The summed E-state index contributed by atoms with van der Waals surface area (Å²) in [6.07, 6.45) is 6.26. The molecule has 21 heavy (non-hydrogen) atoms. The SMILES string of the molecule is Fc1cc(Cl)cnc1NCc1csc(-c2cnccn2)n1. The van der Waals surface area contributed by atoms with E-state index in [1.807, 2.05) is 5.38 Å². The number of nitrogens with zero attached hydrogens (tertiary/aromatic N) is 4. The Kier molecular flexibility index (Phi) is 4.03. The summed E-state index contributed by atoms with van der Waals surface area (Å²) in [6, 6.07) is 1.21. The quantitative estimate of drug-likeness (QED) is 0.798. The van der Waals surface area contributed by atoms with Gasteiger partial charge in [0.2, 0.25) is 0 Å². The Bertz CT molecular complexity index is 749. The molecule has 3 aromatic rings. The van der Waals surface area contributed by atoms with Crippen molar-refractivity contribution in [2.75, 3.05) is 5.32 Å². The summed E-state index contributed by atoms with van der Waals surface area (Å²) in [5.74, 6) is -0.347. The maximum Gasteiger partial charge on any atom is 0.166 e. The van der Waals surface area contributed by atoms with E-state index >= 15 is 0 Å². The lowest BCUT2D eigenvalue weighted by molar-refractivity contribution is 0.624. The first-order valence-corrected chi connectivity index (χ1v) is 7.24. The van der Waals surface area contributed by atoms with E-state index in [1.54, 1.807) is 18.6 Å². The number of hydrogen-bond acceptors (Lipinski definition) is 6. The van der Waals surface area contributed by atoms with Crippen LogP contribution in [0, 0.1) is 5.82 Å². The molecule has 8 heteroatoms. The number of aromatic nitrogens is 4. The van der Waals surface area contributed by atoms with Crippen LogP contribution in [0.15, 0.2) is 36.2 Å². The minimum Gasteiger partial charge on any atom is -0.362 e. The largest absolute Gasteiger partial charge is 0.362 e. The van der Waals surface area contributed by atoms with Crippen LogP contribution in [0.1, 0.15) is 5.69 Å². The molecule has 3 aromatic heterocycles. The van der Waals surface area contributed by atoms with Crippen molar-refractivity contribution >= 4 is 28.8 Å². The molecule has 3 heterocycles. The Balaban J connectivity index is 1.70. The third-order valence-electron chi connectivity index (χ3n) is 2.58. The van der Waals surface area contributed by atoms with Crippen LogP contribution in [0.4, 0.5) is 10.2 Å². The fourth-order valence-corrected chi connectivity index (χ4v) is 2.56. The van der Waals surface area contributed by atoms with Crippen LogP contribution in [-0.4, -0.2) is 19.9 Å². The zero-order valence-electron chi connectivity index (χ0n) is 10.6. The summed E-state index contributed by atoms with van der Waals surface area (Å²) < 4.78 is 13.6. The molecule has 0 saturated heterocycles. The van der Waals surface area contributed by atoms with Crippen molar-refractivity contribution in [1.82, 2.24) is 19.9 Å². The van der Waals surface area contributed by atoms with Gasteiger partial charge in [-0.3, -0.25) is 9.97 Å². The zero-order chi connectivity index (χ0) is 14.7. The van der Waals surface area contributed by atoms with Gasteiger partial charge in [0.05, 0.1) is 23.5 Å². The van der Waals surface area contributed by atoms with E-state index in [9.17, 15) is 4.39 Å². The summed E-state index contributed by atoms with van der Waals surface area (Å²) in [6.45, 7) is 0.363. The maximum atomic E-state index is 13.6. The van der Waals surface area contributed by atoms with E-state index < -0.39 is 5.82 Å². The smallest absolute Gasteiger partial charge is 0.166 e. The van der Waals surface area contributed by atoms with Crippen LogP contribution in [0.5, 0.6) is 0 Å². The van der Waals surface area contributed by atoms with Crippen molar-refractivity contribution in [3.8, 4) is 10.7 Å². The molecule has 0 aromatic carbocycles. The number of halogens is 2. The van der Waals surface area contributed by atoms with E-state index in [0.29, 0.717) is 12.2 Å². The third-order valence-corrected chi connectivity index (χ3v) is 3.70. The number of thiazole rings is 1. The first-order valence-electron chi connectivity index (χ1n) is 5.98. The molecule has 1 N–H and O–H groups in total. The number of pyridine rings is 1. The third kappa shape index (κ3) is 3.32. The highest BCUT2D eigenvalue weighted by Crippen LogP contribution is 2.22. The Labute approximate surface area is 128 Å². The topological polar surface area (TPSA) is 63.6 Å². The highest BCUT2D eigenvalue weighted by molar-refractivity contribution is 7.13. The predicted molar refractivity (Wildman–Crippen MR) is 79.7 cm³/mol. The molecule has 0 aliphatic heterocycles. The minimum atomic E-state index is -0.494. The molecule has 3 rings (SSSR count). The second kappa shape index (κ2) is 6.11. The number of hydrogen-bond donors (Lipinski definition) is 1. The lowest BCUT2D eigenvalue weighted by atomic mass is 10.4. The Hall–Kier alpha value is -2.12. The molecular weight excluding hydrogens is 313 g/mol. The van der Waals surface area contributed by atoms with Crippen molar-refractivity contribution in [1.29, 1.82) is 0 Å². The average molecular weight is 322 g/mol. The van der Waals surface area contributed by atoms with Crippen molar-refractivity contribution in [2.45, 2.75) is 6.54 Å². The number of rotatable bonds is 4. The molecule has 0 fully saturated rings. The monoisotopic (exact) mass is 321 g/mol. The van der Waals surface area contributed by atoms with Gasteiger partial charge in [0.15, 0.2) is 11.6 Å². The van der Waals surface area contributed by atoms with Gasteiger partial charge in [-0.05, 0) is 6.07 Å². The van der Waals surface area contributed by atoms with Crippen LogP contribution in [0.25, 0.3) is 10.7 Å². The standard InChI is InChI=1S/C13H9ClFN5S/c14-8-3-10(15)12(18-4-8)19-5-9-7-21-13(20-9)11-6-16-1-2-17-11/h1-4,6-7H,5H2,(H,18,19). The summed E-state index contributed by atoms with van der Waals surface area (Å²) in [4.78, 5) is 16.5. The molecule has 0 aliphatic carbocycles. The van der Waals surface area contributed by atoms with E-state index in [4.69, 9.17) is 11.6 Å². The molecule has 0 atom stereocenters. The van der Waals surface area contributed by atoms with Crippen LogP contribution in [0.2, 0.25) is 5.02 Å². The number of anilines is 1. The molecule has 0 aliphatic rings. The summed E-state index contributed by atoms with van der Waals surface area (Å²) in [7, 11) is 0. The Morgan fingerprint density at radius 3 is 2.90 bits per heavy atom. The van der Waals surface area contributed by atoms with Gasteiger partial charge in [0.25, 0.3) is 0 Å². The van der Waals surface area contributed by atoms with E-state index in [-0.39, 0.29) is 10.8 Å². The molecule has 0 radical (unpaired) electrons. The summed E-state index contributed by atoms with van der Waals surface area (Å²) in [5.41, 5.74) is 1.49. The average Bonchev–Trinajstić information content (AvgIpc) is 2.96. The first-order chi connectivity index (χ1) is 10.2. The van der Waals surface area contributed by atoms with Gasteiger partial charge in [0.1, 0.15) is 10.7 Å². The van der Waals surface area contributed by atoms with Gasteiger partial charge in [-0.1, -0.05) is 11.6 Å². The lowest BCUT2D eigenvalue weighted by Gasteiger charge is -2.04. The van der Waals surface area contributed by atoms with Crippen LogP contribution in [-0.2, 0) is 6.54 Å². The zero-order valence-corrected chi connectivity index (χ0v) is 12.2. The second-order valence-electron chi connectivity index (χ2n) is 4.07. The molecule has 106 valence electrons. The van der Waals surface area contributed by atoms with Crippen molar-refractivity contribution in [2.24, 2.45) is 0 Å². The van der Waals surface area contributed by atoms with Gasteiger partial charge >= 0.3 is 0 Å². The van der Waals surface area contributed by atoms with E-state index in [2.05, 4.69) is 25.3 Å². The van der Waals surface area contributed by atoms with Crippen molar-refractivity contribution < 1.29 is 4.39 Å². The fraction of sp³-hybridized carbons (Fsp3) is 0.0769. The van der Waals surface area contributed by atoms with Crippen LogP contribution >= 0.6 is 22.9 Å². The molecular formula is C13H9ClFN5S. The Morgan fingerprint density at radius 1 is 1.24 bits per heavy atom. The molecule has 0 saturated carbocycles. The van der Waals surface area contributed by atoms with Gasteiger partial charge in [-0.15, -0.1) is 11.3 Å². The highest BCUT2D eigenvalue weighted by atomic mass is 35.5. The van der Waals surface area contributed by atoms with Gasteiger partial charge in [-0.2, -0.15) is 0 Å². The predicted octanol–water partition coefficient (Wildman–Crippen LogP) is 3.40. The van der Waals surface area contributed by atoms with Gasteiger partial charge in [-0.25, -0.2) is 14.4 Å². The first kappa shape index (κ1) is 13.8. The fourth-order valence-electron chi connectivity index (χ4n) is 1.63. The lowest BCUT2D eigenvalue weighted by Crippen LogP contribution is -2.03. The number of nitrogens with one attached hydrogen (secondary N) is 1. The van der Waals surface area contributed by atoms with Crippen molar-refractivity contribution in [3.05, 3.63) is 52.8 Å². The summed E-state index contributed by atoms with van der Waals surface area (Å²) >= 11 is 7.11. The molecule has 0 spiro atoms. The van der Waals surface area contributed by atoms with Crippen LogP contribution in [0.3, 0.4) is 0 Å². The molecule has 5 nitrogen and oxygen atoms in total. The van der Waals surface area contributed by atoms with E-state index in [1.165, 1.54) is 23.6 Å². The van der Waals surface area contributed by atoms with Gasteiger partial charge < -0.3 is 5.32 Å². The van der Waals surface area contributed by atoms with E-state index in [0.717, 1.165) is 10.7 Å². The normalized spacial score (nSPS) is 10.6. The maximum absolute atomic E-state index is 13.6. The van der Waals surface area contributed by atoms with Crippen molar-refractivity contribution in [3.63, 3.8) is 0 Å². The Morgan fingerprint density at radius 2 is 2.14 bits per heavy atom. The van der Waals surface area contributed by atoms with Gasteiger partial charge in [0, 0.05) is 24.0 Å². The summed E-state index contributed by atoms with van der Waals surface area (Å²) in [5, 5.41) is 5.79.